The van der Waals surface area contributed by atoms with Crippen LogP contribution in [-0.4, -0.2) is 45.2 Å². The first kappa shape index (κ1) is 21.5. The van der Waals surface area contributed by atoms with E-state index in [2.05, 4.69) is 20.1 Å². The number of pyridine rings is 2. The van der Waals surface area contributed by atoms with E-state index >= 15 is 0 Å². The lowest BCUT2D eigenvalue weighted by Gasteiger charge is -2.08. The number of hydrogen-bond donors (Lipinski definition) is 1. The Labute approximate surface area is 193 Å². The number of rotatable bonds is 5. The number of halogens is 1. The topological polar surface area (TPSA) is 121 Å². The van der Waals surface area contributed by atoms with Crippen LogP contribution in [0.15, 0.2) is 83.5 Å². The van der Waals surface area contributed by atoms with Gasteiger partial charge in [-0.3, -0.25) is 14.4 Å². The first-order valence-corrected chi connectivity index (χ1v) is 11.5. The summed E-state index contributed by atoms with van der Waals surface area (Å²) < 4.78 is 43.4. The Kier molecular flexibility index (Phi) is 5.17. The Hall–Kier alpha value is -4.38. The summed E-state index contributed by atoms with van der Waals surface area (Å²) in [5.74, 6) is -0.388. The van der Waals surface area contributed by atoms with E-state index in [0.717, 1.165) is 4.09 Å². The van der Waals surface area contributed by atoms with Gasteiger partial charge in [-0.15, -0.1) is 0 Å². The molecule has 0 unspecified atom stereocenters. The quantitative estimate of drug-likeness (QED) is 0.390. The van der Waals surface area contributed by atoms with Gasteiger partial charge in [-0.2, -0.15) is 17.6 Å². The minimum Gasteiger partial charge on any atom is -0.404 e. The van der Waals surface area contributed by atoms with Crippen LogP contribution >= 0.6 is 0 Å². The number of allylic oxidation sites excluding steroid dienone is 1. The van der Waals surface area contributed by atoms with Crippen molar-refractivity contribution in [3.63, 3.8) is 0 Å². The van der Waals surface area contributed by atoms with Crippen molar-refractivity contribution in [3.05, 3.63) is 84.8 Å². The van der Waals surface area contributed by atoms with Crippen LogP contribution in [0, 0.1) is 5.82 Å². The molecule has 34 heavy (non-hydrogen) atoms. The molecule has 1 aromatic carbocycles. The summed E-state index contributed by atoms with van der Waals surface area (Å²) in [6.45, 7) is 0. The molecule has 0 saturated carbocycles. The van der Waals surface area contributed by atoms with Crippen LogP contribution in [-0.2, 0) is 10.0 Å². The van der Waals surface area contributed by atoms with E-state index in [1.165, 1.54) is 35.1 Å². The van der Waals surface area contributed by atoms with Gasteiger partial charge < -0.3 is 5.73 Å². The molecule has 0 aliphatic heterocycles. The van der Waals surface area contributed by atoms with Gasteiger partial charge in [0, 0.05) is 43.0 Å². The van der Waals surface area contributed by atoms with E-state index in [4.69, 9.17) is 5.73 Å². The third-order valence-electron chi connectivity index (χ3n) is 5.29. The van der Waals surface area contributed by atoms with Crippen molar-refractivity contribution in [2.24, 2.45) is 10.7 Å². The van der Waals surface area contributed by atoms with E-state index in [1.807, 2.05) is 0 Å². The van der Waals surface area contributed by atoms with Crippen LogP contribution in [0.3, 0.4) is 0 Å². The largest absolute Gasteiger partial charge is 0.404 e. The molecule has 0 amide bonds. The number of aromatic nitrogens is 5. The zero-order valence-electron chi connectivity index (χ0n) is 17.9. The Morgan fingerprint density at radius 2 is 1.94 bits per heavy atom. The lowest BCUT2D eigenvalue weighted by atomic mass is 10.1. The molecule has 4 aromatic heterocycles. The summed E-state index contributed by atoms with van der Waals surface area (Å²) in [5, 5.41) is 3.99. The van der Waals surface area contributed by atoms with Crippen LogP contribution < -0.4 is 5.73 Å². The van der Waals surface area contributed by atoms with Crippen LogP contribution in [0.1, 0.15) is 5.56 Å². The van der Waals surface area contributed by atoms with Gasteiger partial charge in [-0.05, 0) is 41.5 Å². The number of fused-ring (bicyclic) bond motifs is 2. The highest BCUT2D eigenvalue weighted by Crippen LogP contribution is 2.26. The van der Waals surface area contributed by atoms with Crippen molar-refractivity contribution in [2.75, 3.05) is 7.05 Å². The first-order valence-electron chi connectivity index (χ1n) is 10.1. The van der Waals surface area contributed by atoms with Crippen molar-refractivity contribution in [3.8, 4) is 11.1 Å². The maximum absolute atomic E-state index is 13.7. The zero-order chi connectivity index (χ0) is 23.9. The van der Waals surface area contributed by atoms with E-state index in [9.17, 15) is 12.8 Å². The van der Waals surface area contributed by atoms with Crippen LogP contribution in [0.2, 0.25) is 0 Å². The summed E-state index contributed by atoms with van der Waals surface area (Å²) in [4.78, 5) is 12.5. The molecular weight excluding hydrogens is 457 g/mol. The minimum absolute atomic E-state index is 0.0964. The van der Waals surface area contributed by atoms with Crippen molar-refractivity contribution < 1.29 is 12.8 Å². The lowest BCUT2D eigenvalue weighted by Crippen LogP contribution is -2.16. The number of nitrogens with zero attached hydrogens (tertiary/aromatic N) is 6. The summed E-state index contributed by atoms with van der Waals surface area (Å²) in [7, 11) is -2.56. The first-order chi connectivity index (χ1) is 16.4. The van der Waals surface area contributed by atoms with Gasteiger partial charge in [0.15, 0.2) is 5.03 Å². The fourth-order valence-corrected chi connectivity index (χ4v) is 5.00. The van der Waals surface area contributed by atoms with E-state index in [0.29, 0.717) is 33.4 Å². The fraction of sp³-hybridized carbons (Fsp3) is 0.0435. The molecule has 0 aliphatic carbocycles. The highest BCUT2D eigenvalue weighted by molar-refractivity contribution is 7.90. The zero-order valence-corrected chi connectivity index (χ0v) is 18.7. The standard InChI is InChI=1S/C23H18FN7O2S/c1-26-10-18(9-25)17-8-21-20(27-11-17)12-29-31(21)34(32,33)23-13-28-22-6-5-16(14-30(22)23)15-3-2-4-19(24)7-15/h2-14H,25H2,1H3. The second kappa shape index (κ2) is 8.19. The lowest BCUT2D eigenvalue weighted by molar-refractivity contribution is 0.577. The predicted molar refractivity (Wildman–Crippen MR) is 127 cm³/mol. The Morgan fingerprint density at radius 3 is 2.71 bits per heavy atom. The van der Waals surface area contributed by atoms with Crippen molar-refractivity contribution in [1.82, 2.24) is 23.6 Å². The molecule has 0 radical (unpaired) electrons. The predicted octanol–water partition coefficient (Wildman–Crippen LogP) is 3.12. The molecule has 0 aliphatic rings. The average Bonchev–Trinajstić information content (AvgIpc) is 3.46. The smallest absolute Gasteiger partial charge is 0.301 e. The number of nitrogens with two attached hydrogens (primary N) is 1. The Morgan fingerprint density at radius 1 is 1.09 bits per heavy atom. The Balaban J connectivity index is 1.67. The number of hydrogen-bond acceptors (Lipinski definition) is 7. The molecule has 0 spiro atoms. The van der Waals surface area contributed by atoms with E-state index in [-0.39, 0.29) is 16.4 Å². The van der Waals surface area contributed by atoms with E-state index < -0.39 is 10.0 Å². The summed E-state index contributed by atoms with van der Waals surface area (Å²) in [6.07, 6.45) is 8.73. The Bertz CT molecular complexity index is 1720. The fourth-order valence-electron chi connectivity index (χ4n) is 3.66. The van der Waals surface area contributed by atoms with Gasteiger partial charge in [0.05, 0.1) is 12.4 Å². The highest BCUT2D eigenvalue weighted by Gasteiger charge is 2.25. The van der Waals surface area contributed by atoms with Crippen LogP contribution in [0.25, 0.3) is 33.4 Å². The third-order valence-corrected chi connectivity index (χ3v) is 6.87. The van der Waals surface area contributed by atoms with Gasteiger partial charge in [0.1, 0.15) is 22.5 Å². The third kappa shape index (κ3) is 3.52. The molecule has 4 heterocycles. The van der Waals surface area contributed by atoms with Gasteiger partial charge in [0.2, 0.25) is 0 Å². The van der Waals surface area contributed by atoms with Gasteiger partial charge in [0.25, 0.3) is 0 Å². The molecule has 170 valence electrons. The molecule has 0 saturated heterocycles. The molecule has 0 bridgehead atoms. The number of aliphatic imine (C=N–C) groups is 1. The van der Waals surface area contributed by atoms with Gasteiger partial charge >= 0.3 is 10.0 Å². The van der Waals surface area contributed by atoms with Crippen molar-refractivity contribution >= 4 is 38.5 Å². The summed E-state index contributed by atoms with van der Waals surface area (Å²) in [5.41, 5.74) is 9.18. The van der Waals surface area contributed by atoms with Crippen LogP contribution in [0.4, 0.5) is 4.39 Å². The summed E-state index contributed by atoms with van der Waals surface area (Å²) >= 11 is 0. The molecular formula is C23H18FN7O2S. The molecule has 9 nitrogen and oxygen atoms in total. The highest BCUT2D eigenvalue weighted by atomic mass is 32.2. The molecule has 5 aromatic rings. The number of benzene rings is 1. The average molecular weight is 476 g/mol. The van der Waals surface area contributed by atoms with Crippen molar-refractivity contribution in [2.45, 2.75) is 5.03 Å². The monoisotopic (exact) mass is 475 g/mol. The van der Waals surface area contributed by atoms with Crippen molar-refractivity contribution in [1.29, 1.82) is 0 Å². The molecule has 2 N–H and O–H groups in total. The normalized spacial score (nSPS) is 12.8. The minimum atomic E-state index is -4.17. The maximum Gasteiger partial charge on any atom is 0.301 e. The van der Waals surface area contributed by atoms with E-state index in [1.54, 1.807) is 56.0 Å². The SMILES string of the molecule is CN=CC(=CN)c1cnc2cnn(S(=O)(=O)c3cnc4ccc(-c5cccc(F)c5)cn34)c2c1. The number of imidazole rings is 1. The van der Waals surface area contributed by atoms with Gasteiger partial charge in [-0.25, -0.2) is 9.37 Å². The molecule has 0 fully saturated rings. The van der Waals surface area contributed by atoms with Gasteiger partial charge in [-0.1, -0.05) is 12.1 Å². The van der Waals surface area contributed by atoms with Crippen LogP contribution in [0.5, 0.6) is 0 Å². The molecule has 11 heteroatoms. The maximum atomic E-state index is 13.7. The second-order valence-electron chi connectivity index (χ2n) is 7.38. The summed E-state index contributed by atoms with van der Waals surface area (Å²) in [6, 6.07) is 11.1. The molecule has 0 atom stereocenters. The second-order valence-corrected chi connectivity index (χ2v) is 9.10. The molecule has 5 rings (SSSR count).